The molecule has 0 spiro atoms. The van der Waals surface area contributed by atoms with Gasteiger partial charge in [-0.25, -0.2) is 0 Å². The molecule has 0 aliphatic rings. The first-order valence-corrected chi connectivity index (χ1v) is 6.34. The largest absolute Gasteiger partial charge is 0.502 e. The van der Waals surface area contributed by atoms with E-state index in [4.69, 9.17) is 0 Å². The molecule has 114 valence electrons. The molecule has 1 aromatic rings. The second kappa shape index (κ2) is 7.22. The minimum Gasteiger partial charge on any atom is -0.502 e. The molecule has 8 heteroatoms. The van der Waals surface area contributed by atoms with E-state index in [-0.39, 0.29) is 23.9 Å². The predicted molar refractivity (Wildman–Crippen MR) is 74.9 cm³/mol. The number of amides is 2. The van der Waals surface area contributed by atoms with Crippen molar-refractivity contribution < 1.29 is 19.6 Å². The lowest BCUT2D eigenvalue weighted by molar-refractivity contribution is -0.385. The molecule has 0 aromatic heterocycles. The third-order valence-corrected chi connectivity index (χ3v) is 2.57. The van der Waals surface area contributed by atoms with Crippen LogP contribution in [-0.2, 0) is 4.79 Å². The Morgan fingerprint density at radius 3 is 2.57 bits per heavy atom. The number of carbonyl (C=O) groups is 2. The van der Waals surface area contributed by atoms with E-state index in [1.807, 2.05) is 13.8 Å². The van der Waals surface area contributed by atoms with Crippen LogP contribution in [0.3, 0.4) is 0 Å². The van der Waals surface area contributed by atoms with Crippen molar-refractivity contribution in [1.29, 1.82) is 0 Å². The molecule has 0 saturated heterocycles. The van der Waals surface area contributed by atoms with E-state index < -0.39 is 22.3 Å². The van der Waals surface area contributed by atoms with Crippen molar-refractivity contribution in [1.82, 2.24) is 10.6 Å². The Morgan fingerprint density at radius 1 is 1.33 bits per heavy atom. The van der Waals surface area contributed by atoms with Crippen LogP contribution in [0.4, 0.5) is 5.69 Å². The molecule has 2 amide bonds. The van der Waals surface area contributed by atoms with E-state index >= 15 is 0 Å². The van der Waals surface area contributed by atoms with Gasteiger partial charge in [0.1, 0.15) is 0 Å². The molecule has 8 nitrogen and oxygen atoms in total. The number of benzene rings is 1. The Hall–Kier alpha value is -2.64. The standard InChI is InChI=1S/C13H17N3O5/c1-8(2)6-14-11(17)7-15-13(19)9-4-3-5-10(12(9)18)16(20)21/h3-5,8,18H,6-7H2,1-2H3,(H,14,17)(H,15,19). The lowest BCUT2D eigenvalue weighted by atomic mass is 10.1. The van der Waals surface area contributed by atoms with Gasteiger partial charge in [-0.05, 0) is 12.0 Å². The number of nitro groups is 1. The number of nitrogens with zero attached hydrogens (tertiary/aromatic N) is 1. The van der Waals surface area contributed by atoms with E-state index in [0.717, 1.165) is 6.07 Å². The van der Waals surface area contributed by atoms with Crippen LogP contribution in [0.2, 0.25) is 0 Å². The summed E-state index contributed by atoms with van der Waals surface area (Å²) in [5.41, 5.74) is -0.812. The normalized spacial score (nSPS) is 10.2. The summed E-state index contributed by atoms with van der Waals surface area (Å²) in [4.78, 5) is 33.1. The molecule has 0 radical (unpaired) electrons. The Kier molecular flexibility index (Phi) is 5.65. The van der Waals surface area contributed by atoms with Gasteiger partial charge in [-0.3, -0.25) is 19.7 Å². The second-order valence-electron chi connectivity index (χ2n) is 4.81. The van der Waals surface area contributed by atoms with Gasteiger partial charge in [0.15, 0.2) is 0 Å². The second-order valence-corrected chi connectivity index (χ2v) is 4.81. The number of nitro benzene ring substituents is 1. The maximum atomic E-state index is 11.8. The number of aromatic hydroxyl groups is 1. The molecule has 1 rings (SSSR count). The maximum absolute atomic E-state index is 11.8. The van der Waals surface area contributed by atoms with Crippen molar-refractivity contribution in [2.75, 3.05) is 13.1 Å². The Labute approximate surface area is 121 Å². The predicted octanol–water partition coefficient (Wildman–Crippen LogP) is 0.802. The highest BCUT2D eigenvalue weighted by atomic mass is 16.6. The summed E-state index contributed by atoms with van der Waals surface area (Å²) in [6, 6.07) is 3.61. The van der Waals surface area contributed by atoms with Crippen molar-refractivity contribution in [3.8, 4) is 5.75 Å². The summed E-state index contributed by atoms with van der Waals surface area (Å²) in [6.45, 7) is 4.07. The number of carbonyl (C=O) groups excluding carboxylic acids is 2. The first-order chi connectivity index (χ1) is 9.82. The molecule has 1 aromatic carbocycles. The molecule has 21 heavy (non-hydrogen) atoms. The fraction of sp³-hybridized carbons (Fsp3) is 0.385. The Bertz CT molecular complexity index is 557. The van der Waals surface area contributed by atoms with Gasteiger partial charge in [0.05, 0.1) is 17.0 Å². The minimum absolute atomic E-state index is 0.249. The van der Waals surface area contributed by atoms with Crippen molar-refractivity contribution in [3.63, 3.8) is 0 Å². The zero-order valence-corrected chi connectivity index (χ0v) is 11.8. The lowest BCUT2D eigenvalue weighted by Crippen LogP contribution is -2.38. The molecular formula is C13H17N3O5. The van der Waals surface area contributed by atoms with Crippen LogP contribution < -0.4 is 10.6 Å². The number of hydrogen-bond donors (Lipinski definition) is 3. The highest BCUT2D eigenvalue weighted by Gasteiger charge is 2.21. The van der Waals surface area contributed by atoms with E-state index in [1.165, 1.54) is 12.1 Å². The highest BCUT2D eigenvalue weighted by Crippen LogP contribution is 2.28. The fourth-order valence-corrected chi connectivity index (χ4v) is 1.50. The van der Waals surface area contributed by atoms with E-state index in [1.54, 1.807) is 0 Å². The summed E-state index contributed by atoms with van der Waals surface area (Å²) in [5.74, 6) is -1.56. The van der Waals surface area contributed by atoms with Gasteiger partial charge in [-0.1, -0.05) is 19.9 Å². The quantitative estimate of drug-likeness (QED) is 0.529. The van der Waals surface area contributed by atoms with Crippen molar-refractivity contribution in [3.05, 3.63) is 33.9 Å². The van der Waals surface area contributed by atoms with E-state index in [9.17, 15) is 24.8 Å². The summed E-state index contributed by atoms with van der Waals surface area (Å²) in [5, 5.41) is 25.2. The third-order valence-electron chi connectivity index (χ3n) is 2.57. The third kappa shape index (κ3) is 4.75. The van der Waals surface area contributed by atoms with Gasteiger partial charge in [0.25, 0.3) is 5.91 Å². The first kappa shape index (κ1) is 16.4. The molecule has 0 unspecified atom stereocenters. The summed E-state index contributed by atoms with van der Waals surface area (Å²) in [6.07, 6.45) is 0. The zero-order chi connectivity index (χ0) is 16.0. The number of rotatable bonds is 6. The van der Waals surface area contributed by atoms with Gasteiger partial charge >= 0.3 is 5.69 Å². The van der Waals surface area contributed by atoms with Crippen LogP contribution in [-0.4, -0.2) is 34.9 Å². The van der Waals surface area contributed by atoms with Gasteiger partial charge in [0.2, 0.25) is 11.7 Å². The van der Waals surface area contributed by atoms with Gasteiger partial charge in [-0.2, -0.15) is 0 Å². The van der Waals surface area contributed by atoms with Crippen molar-refractivity contribution in [2.45, 2.75) is 13.8 Å². The molecule has 0 fully saturated rings. The SMILES string of the molecule is CC(C)CNC(=O)CNC(=O)c1cccc([N+](=O)[O-])c1O. The first-order valence-electron chi connectivity index (χ1n) is 6.34. The van der Waals surface area contributed by atoms with E-state index in [0.29, 0.717) is 6.54 Å². The monoisotopic (exact) mass is 295 g/mol. The molecular weight excluding hydrogens is 278 g/mol. The average Bonchev–Trinajstić information content (AvgIpc) is 2.42. The Balaban J connectivity index is 2.66. The topological polar surface area (TPSA) is 122 Å². The minimum atomic E-state index is -0.790. The van der Waals surface area contributed by atoms with Crippen LogP contribution in [0.25, 0.3) is 0 Å². The highest BCUT2D eigenvalue weighted by molar-refractivity contribution is 5.99. The molecule has 3 N–H and O–H groups in total. The molecule has 0 aliphatic carbocycles. The fourth-order valence-electron chi connectivity index (χ4n) is 1.50. The van der Waals surface area contributed by atoms with Gasteiger partial charge in [-0.15, -0.1) is 0 Å². The summed E-state index contributed by atoms with van der Waals surface area (Å²) in [7, 11) is 0. The van der Waals surface area contributed by atoms with Crippen molar-refractivity contribution in [2.24, 2.45) is 5.92 Å². The summed E-state index contributed by atoms with van der Waals surface area (Å²) >= 11 is 0. The van der Waals surface area contributed by atoms with Gasteiger partial charge < -0.3 is 15.7 Å². The van der Waals surface area contributed by atoms with Crippen LogP contribution in [0, 0.1) is 16.0 Å². The maximum Gasteiger partial charge on any atom is 0.311 e. The Morgan fingerprint density at radius 2 is 2.00 bits per heavy atom. The van der Waals surface area contributed by atoms with Crippen LogP contribution >= 0.6 is 0 Å². The molecule has 0 saturated carbocycles. The van der Waals surface area contributed by atoms with Crippen LogP contribution in [0.5, 0.6) is 5.75 Å². The van der Waals surface area contributed by atoms with Crippen molar-refractivity contribution >= 4 is 17.5 Å². The smallest absolute Gasteiger partial charge is 0.311 e. The number of phenolic OH excluding ortho intramolecular Hbond substituents is 1. The van der Waals surface area contributed by atoms with E-state index in [2.05, 4.69) is 10.6 Å². The summed E-state index contributed by atoms with van der Waals surface area (Å²) < 4.78 is 0. The van der Waals surface area contributed by atoms with Crippen LogP contribution in [0.1, 0.15) is 24.2 Å². The molecule has 0 aliphatic heterocycles. The number of hydrogen-bond acceptors (Lipinski definition) is 5. The lowest BCUT2D eigenvalue weighted by Gasteiger charge is -2.09. The molecule has 0 heterocycles. The number of para-hydroxylation sites is 1. The number of phenols is 1. The zero-order valence-electron chi connectivity index (χ0n) is 11.8. The van der Waals surface area contributed by atoms with Gasteiger partial charge in [0, 0.05) is 12.6 Å². The van der Waals surface area contributed by atoms with Crippen LogP contribution in [0.15, 0.2) is 18.2 Å². The average molecular weight is 295 g/mol. The number of nitrogens with one attached hydrogen (secondary N) is 2. The molecule has 0 atom stereocenters. The molecule has 0 bridgehead atoms.